The number of carbonyl (C=O) groups is 1. The van der Waals surface area contributed by atoms with Crippen LogP contribution in [0.3, 0.4) is 0 Å². The Labute approximate surface area is 146 Å². The lowest BCUT2D eigenvalue weighted by Gasteiger charge is -2.17. The van der Waals surface area contributed by atoms with Gasteiger partial charge in [0.25, 0.3) is 0 Å². The molecule has 0 saturated carbocycles. The van der Waals surface area contributed by atoms with E-state index in [2.05, 4.69) is 10.2 Å². The van der Waals surface area contributed by atoms with Crippen molar-refractivity contribution in [2.24, 2.45) is 0 Å². The van der Waals surface area contributed by atoms with Crippen molar-refractivity contribution in [1.82, 2.24) is 15.1 Å². The lowest BCUT2D eigenvalue weighted by atomic mass is 10.2. The molecule has 1 aromatic carbocycles. The van der Waals surface area contributed by atoms with Crippen molar-refractivity contribution in [1.29, 1.82) is 0 Å². The van der Waals surface area contributed by atoms with E-state index in [0.29, 0.717) is 18.2 Å². The minimum Gasteiger partial charge on any atom is -0.421 e. The molecule has 0 aliphatic rings. The lowest BCUT2D eigenvalue weighted by molar-refractivity contribution is -0.130. The molecule has 0 spiro atoms. The fourth-order valence-electron chi connectivity index (χ4n) is 2.26. The molecule has 0 N–H and O–H groups in total. The Morgan fingerprint density at radius 2 is 2.12 bits per heavy atom. The van der Waals surface area contributed by atoms with Gasteiger partial charge in [0.2, 0.25) is 17.7 Å². The number of hydrogen-bond acceptors (Lipinski definition) is 5. The fraction of sp³-hybridized carbons (Fsp3) is 0.235. The van der Waals surface area contributed by atoms with Crippen molar-refractivity contribution in [2.75, 3.05) is 7.05 Å². The van der Waals surface area contributed by atoms with Crippen molar-refractivity contribution in [3.05, 3.63) is 58.1 Å². The fourth-order valence-corrected chi connectivity index (χ4v) is 2.89. The molecule has 3 aromatic rings. The molecule has 0 bridgehead atoms. The number of hydrogen-bond donors (Lipinski definition) is 0. The highest BCUT2D eigenvalue weighted by atomic mass is 32.1. The minimum absolute atomic E-state index is 0.0644. The number of amides is 1. The van der Waals surface area contributed by atoms with Gasteiger partial charge in [-0.2, -0.15) is 11.3 Å². The van der Waals surface area contributed by atoms with E-state index in [-0.39, 0.29) is 24.4 Å². The second kappa shape index (κ2) is 7.52. The Kier molecular flexibility index (Phi) is 5.18. The number of benzene rings is 1. The van der Waals surface area contributed by atoms with Gasteiger partial charge in [0.15, 0.2) is 0 Å². The molecule has 2 aromatic heterocycles. The summed E-state index contributed by atoms with van der Waals surface area (Å²) in [5.41, 5.74) is 1.11. The average molecular weight is 363 g/mol. The van der Waals surface area contributed by atoms with Crippen LogP contribution in [0.1, 0.15) is 17.9 Å². The van der Waals surface area contributed by atoms with E-state index in [1.807, 2.05) is 16.8 Å². The zero-order chi connectivity index (χ0) is 17.8. The third-order valence-electron chi connectivity index (χ3n) is 3.64. The van der Waals surface area contributed by atoms with E-state index < -0.39 is 11.6 Å². The van der Waals surface area contributed by atoms with Crippen molar-refractivity contribution in [3.63, 3.8) is 0 Å². The van der Waals surface area contributed by atoms with Crippen LogP contribution in [-0.4, -0.2) is 28.1 Å². The number of carbonyl (C=O) groups excluding carboxylic acids is 1. The van der Waals surface area contributed by atoms with Gasteiger partial charge in [-0.25, -0.2) is 8.78 Å². The van der Waals surface area contributed by atoms with Crippen LogP contribution in [0.15, 0.2) is 39.4 Å². The first-order valence-corrected chi connectivity index (χ1v) is 8.50. The maximum atomic E-state index is 13.7. The monoisotopic (exact) mass is 363 g/mol. The zero-order valence-corrected chi connectivity index (χ0v) is 14.2. The van der Waals surface area contributed by atoms with Gasteiger partial charge in [-0.05, 0) is 17.5 Å². The summed E-state index contributed by atoms with van der Waals surface area (Å²) in [4.78, 5) is 13.6. The predicted octanol–water partition coefficient (Wildman–Crippen LogP) is 3.67. The second-order valence-electron chi connectivity index (χ2n) is 5.50. The highest BCUT2D eigenvalue weighted by Crippen LogP contribution is 2.21. The summed E-state index contributed by atoms with van der Waals surface area (Å²) in [5.74, 6) is -0.717. The van der Waals surface area contributed by atoms with E-state index in [1.54, 1.807) is 7.05 Å². The van der Waals surface area contributed by atoms with Crippen molar-refractivity contribution in [2.45, 2.75) is 19.4 Å². The van der Waals surface area contributed by atoms with Gasteiger partial charge in [0.1, 0.15) is 11.6 Å². The zero-order valence-electron chi connectivity index (χ0n) is 13.4. The van der Waals surface area contributed by atoms with Gasteiger partial charge < -0.3 is 9.32 Å². The van der Waals surface area contributed by atoms with Crippen LogP contribution in [0.4, 0.5) is 8.78 Å². The summed E-state index contributed by atoms with van der Waals surface area (Å²) in [6.45, 7) is 0.0644. The highest BCUT2D eigenvalue weighted by Gasteiger charge is 2.15. The van der Waals surface area contributed by atoms with E-state index in [9.17, 15) is 13.6 Å². The first-order chi connectivity index (χ1) is 12.0. The molecule has 3 rings (SSSR count). The van der Waals surface area contributed by atoms with Crippen LogP contribution in [0.2, 0.25) is 0 Å². The summed E-state index contributed by atoms with van der Waals surface area (Å²) in [6, 6.07) is 5.18. The van der Waals surface area contributed by atoms with Gasteiger partial charge >= 0.3 is 0 Å². The molecule has 8 heteroatoms. The quantitative estimate of drug-likeness (QED) is 0.670. The molecular weight excluding hydrogens is 348 g/mol. The van der Waals surface area contributed by atoms with E-state index in [0.717, 1.165) is 11.6 Å². The van der Waals surface area contributed by atoms with Crippen molar-refractivity contribution < 1.29 is 18.0 Å². The van der Waals surface area contributed by atoms with Crippen LogP contribution in [0, 0.1) is 11.6 Å². The number of rotatable bonds is 6. The average Bonchev–Trinajstić information content (AvgIpc) is 3.26. The minimum atomic E-state index is -0.669. The summed E-state index contributed by atoms with van der Waals surface area (Å²) in [5, 5.41) is 11.7. The first-order valence-electron chi connectivity index (χ1n) is 7.56. The maximum Gasteiger partial charge on any atom is 0.248 e. The van der Waals surface area contributed by atoms with Crippen molar-refractivity contribution >= 4 is 17.2 Å². The standard InChI is InChI=1S/C17H15F2N3O2S/c1-22(9-11-2-3-13(18)8-14(11)19)16(23)5-4-15-20-21-17(24-15)12-6-7-25-10-12/h2-3,6-8,10H,4-5,9H2,1H3. The van der Waals surface area contributed by atoms with E-state index in [4.69, 9.17) is 4.42 Å². The molecule has 0 aliphatic heterocycles. The van der Waals surface area contributed by atoms with Crippen LogP contribution in [-0.2, 0) is 17.8 Å². The largest absolute Gasteiger partial charge is 0.421 e. The Morgan fingerprint density at radius 1 is 1.28 bits per heavy atom. The van der Waals surface area contributed by atoms with E-state index in [1.165, 1.54) is 28.4 Å². The smallest absolute Gasteiger partial charge is 0.248 e. The van der Waals surface area contributed by atoms with Crippen LogP contribution < -0.4 is 0 Å². The lowest BCUT2D eigenvalue weighted by Crippen LogP contribution is -2.26. The SMILES string of the molecule is CN(Cc1ccc(F)cc1F)C(=O)CCc1nnc(-c2ccsc2)o1. The molecule has 5 nitrogen and oxygen atoms in total. The molecule has 0 fully saturated rings. The summed E-state index contributed by atoms with van der Waals surface area (Å²) in [6.07, 6.45) is 0.455. The van der Waals surface area contributed by atoms with Gasteiger partial charge in [0, 0.05) is 49.0 Å². The van der Waals surface area contributed by atoms with Crippen LogP contribution >= 0.6 is 11.3 Å². The first kappa shape index (κ1) is 17.2. The van der Waals surface area contributed by atoms with Crippen molar-refractivity contribution in [3.8, 4) is 11.5 Å². The molecule has 25 heavy (non-hydrogen) atoms. The Balaban J connectivity index is 1.55. The number of halogens is 2. The molecule has 0 unspecified atom stereocenters. The molecule has 0 atom stereocenters. The van der Waals surface area contributed by atoms with E-state index >= 15 is 0 Å². The molecule has 1 amide bonds. The topological polar surface area (TPSA) is 59.2 Å². The summed E-state index contributed by atoms with van der Waals surface area (Å²) in [7, 11) is 1.57. The predicted molar refractivity (Wildman–Crippen MR) is 88.8 cm³/mol. The number of thiophene rings is 1. The normalized spacial score (nSPS) is 10.8. The van der Waals surface area contributed by atoms with Gasteiger partial charge in [-0.3, -0.25) is 4.79 Å². The number of nitrogens with zero attached hydrogens (tertiary/aromatic N) is 3. The molecule has 0 radical (unpaired) electrons. The van der Waals surface area contributed by atoms with Gasteiger partial charge in [0.05, 0.1) is 0 Å². The number of aryl methyl sites for hydroxylation is 1. The summed E-state index contributed by atoms with van der Waals surface area (Å²) >= 11 is 1.53. The number of aromatic nitrogens is 2. The van der Waals surface area contributed by atoms with Gasteiger partial charge in [-0.15, -0.1) is 10.2 Å². The third kappa shape index (κ3) is 4.27. The molecule has 2 heterocycles. The third-order valence-corrected chi connectivity index (χ3v) is 4.32. The second-order valence-corrected chi connectivity index (χ2v) is 6.28. The highest BCUT2D eigenvalue weighted by molar-refractivity contribution is 7.08. The Bertz CT molecular complexity index is 865. The van der Waals surface area contributed by atoms with Crippen LogP contribution in [0.25, 0.3) is 11.5 Å². The summed E-state index contributed by atoms with van der Waals surface area (Å²) < 4.78 is 32.1. The molecular formula is C17H15F2N3O2S. The Morgan fingerprint density at radius 3 is 2.84 bits per heavy atom. The van der Waals surface area contributed by atoms with Gasteiger partial charge in [-0.1, -0.05) is 6.07 Å². The maximum absolute atomic E-state index is 13.7. The molecule has 0 aliphatic carbocycles. The Hall–Kier alpha value is -2.61. The molecule has 0 saturated heterocycles. The van der Waals surface area contributed by atoms with Crippen LogP contribution in [0.5, 0.6) is 0 Å². The molecule has 130 valence electrons.